The van der Waals surface area contributed by atoms with Crippen molar-refractivity contribution in [3.8, 4) is 17.6 Å². The molecular weight excluding hydrogens is 402 g/mol. The molecule has 0 amide bonds. The van der Waals surface area contributed by atoms with Crippen molar-refractivity contribution in [2.75, 3.05) is 25.0 Å². The Bertz CT molecular complexity index is 1070. The molecule has 4 rings (SSSR count). The van der Waals surface area contributed by atoms with Crippen LogP contribution in [0.25, 0.3) is 0 Å². The number of para-hydroxylation sites is 1. The molecule has 0 saturated heterocycles. The molecule has 3 aromatic rings. The van der Waals surface area contributed by atoms with Gasteiger partial charge in [-0.1, -0.05) is 24.3 Å². The van der Waals surface area contributed by atoms with Crippen molar-refractivity contribution >= 4 is 11.4 Å². The lowest BCUT2D eigenvalue weighted by atomic mass is 10.0. The minimum absolute atomic E-state index is 0.0656. The lowest BCUT2D eigenvalue weighted by Crippen LogP contribution is -2.39. The van der Waals surface area contributed by atoms with Crippen LogP contribution in [-0.4, -0.2) is 37.0 Å². The van der Waals surface area contributed by atoms with Crippen LogP contribution >= 0.6 is 0 Å². The molecule has 2 atom stereocenters. The number of nitrogens with zero attached hydrogens (tertiary/aromatic N) is 1. The predicted octanol–water partition coefficient (Wildman–Crippen LogP) is 4.02. The van der Waals surface area contributed by atoms with Gasteiger partial charge in [-0.05, 0) is 66.9 Å². The van der Waals surface area contributed by atoms with Crippen molar-refractivity contribution in [3.05, 3.63) is 83.9 Å². The number of nitrogens with one attached hydrogen (secondary N) is 2. The van der Waals surface area contributed by atoms with Gasteiger partial charge in [-0.2, -0.15) is 5.26 Å². The monoisotopic (exact) mass is 429 g/mol. The number of aliphatic hydroxyl groups is 1. The van der Waals surface area contributed by atoms with E-state index in [1.165, 1.54) is 5.56 Å². The summed E-state index contributed by atoms with van der Waals surface area (Å²) in [5, 5.41) is 25.8. The highest BCUT2D eigenvalue weighted by Gasteiger charge is 2.20. The van der Waals surface area contributed by atoms with E-state index in [1.807, 2.05) is 60.7 Å². The molecule has 0 aliphatic carbocycles. The fourth-order valence-corrected chi connectivity index (χ4v) is 3.68. The maximum atomic E-state index is 10.1. The van der Waals surface area contributed by atoms with E-state index in [0.29, 0.717) is 18.7 Å². The van der Waals surface area contributed by atoms with Crippen LogP contribution in [0.5, 0.6) is 11.5 Å². The molecule has 0 saturated carbocycles. The maximum Gasteiger partial charge on any atom is 0.123 e. The number of rotatable bonds is 9. The normalized spacial score (nSPS) is 15.7. The average Bonchev–Trinajstić information content (AvgIpc) is 2.83. The van der Waals surface area contributed by atoms with Crippen LogP contribution in [0.2, 0.25) is 0 Å². The van der Waals surface area contributed by atoms with Crippen molar-refractivity contribution in [1.82, 2.24) is 5.32 Å². The lowest BCUT2D eigenvalue weighted by molar-refractivity contribution is 0.0998. The minimum atomic E-state index is -0.584. The summed E-state index contributed by atoms with van der Waals surface area (Å²) >= 11 is 0. The van der Waals surface area contributed by atoms with Crippen molar-refractivity contribution in [1.29, 1.82) is 5.26 Å². The van der Waals surface area contributed by atoms with Crippen molar-refractivity contribution in [2.45, 2.75) is 25.0 Å². The van der Waals surface area contributed by atoms with Gasteiger partial charge in [-0.3, -0.25) is 0 Å². The molecule has 164 valence electrons. The summed E-state index contributed by atoms with van der Waals surface area (Å²) in [6.45, 7) is 1.37. The molecular formula is C26H27N3O3. The summed E-state index contributed by atoms with van der Waals surface area (Å²) in [5.41, 5.74) is 3.65. The van der Waals surface area contributed by atoms with E-state index in [4.69, 9.17) is 14.7 Å². The highest BCUT2D eigenvalue weighted by molar-refractivity contribution is 5.63. The molecule has 6 nitrogen and oxygen atoms in total. The van der Waals surface area contributed by atoms with Crippen LogP contribution in [0, 0.1) is 11.3 Å². The van der Waals surface area contributed by atoms with Crippen LogP contribution < -0.4 is 20.1 Å². The first kappa shape index (κ1) is 21.7. The molecule has 6 heteroatoms. The molecule has 0 bridgehead atoms. The molecule has 1 aliphatic heterocycles. The Morgan fingerprint density at radius 3 is 2.75 bits per heavy atom. The van der Waals surface area contributed by atoms with Gasteiger partial charge in [0.2, 0.25) is 0 Å². The Labute approximate surface area is 188 Å². The molecule has 32 heavy (non-hydrogen) atoms. The Morgan fingerprint density at radius 2 is 1.91 bits per heavy atom. The van der Waals surface area contributed by atoms with Crippen LogP contribution in [0.4, 0.5) is 11.4 Å². The largest absolute Gasteiger partial charge is 0.491 e. The third kappa shape index (κ3) is 6.01. The minimum Gasteiger partial charge on any atom is -0.491 e. The van der Waals surface area contributed by atoms with Gasteiger partial charge in [-0.15, -0.1) is 0 Å². The van der Waals surface area contributed by atoms with Gasteiger partial charge in [-0.25, -0.2) is 0 Å². The molecule has 3 aromatic carbocycles. The van der Waals surface area contributed by atoms with E-state index in [9.17, 15) is 5.11 Å². The molecule has 0 fully saturated rings. The Balaban J connectivity index is 1.23. The first-order chi connectivity index (χ1) is 15.7. The first-order valence-corrected chi connectivity index (χ1v) is 10.8. The van der Waals surface area contributed by atoms with Gasteiger partial charge < -0.3 is 25.2 Å². The van der Waals surface area contributed by atoms with Gasteiger partial charge in [0, 0.05) is 24.5 Å². The maximum absolute atomic E-state index is 10.1. The van der Waals surface area contributed by atoms with E-state index in [-0.39, 0.29) is 12.7 Å². The second-order valence-electron chi connectivity index (χ2n) is 7.85. The Morgan fingerprint density at radius 1 is 1.06 bits per heavy atom. The zero-order valence-electron chi connectivity index (χ0n) is 17.8. The van der Waals surface area contributed by atoms with Crippen LogP contribution in [-0.2, 0) is 6.42 Å². The lowest BCUT2D eigenvalue weighted by Gasteiger charge is -2.27. The van der Waals surface area contributed by atoms with Crippen molar-refractivity contribution in [2.24, 2.45) is 0 Å². The van der Waals surface area contributed by atoms with E-state index < -0.39 is 6.10 Å². The Hall–Kier alpha value is -3.53. The van der Waals surface area contributed by atoms with Gasteiger partial charge in [0.15, 0.2) is 0 Å². The summed E-state index contributed by atoms with van der Waals surface area (Å²) < 4.78 is 11.7. The van der Waals surface area contributed by atoms with Gasteiger partial charge >= 0.3 is 0 Å². The van der Waals surface area contributed by atoms with Gasteiger partial charge in [0.05, 0.1) is 11.6 Å². The molecule has 3 N–H and O–H groups in total. The smallest absolute Gasteiger partial charge is 0.123 e. The SMILES string of the molecule is N#Cc1cccc(Nc2ccc3c(c2)CC[C@H](CNC[C@H](O)COc2ccccc2)O3)c1. The number of aryl methyl sites for hydroxylation is 1. The average molecular weight is 430 g/mol. The number of ether oxygens (including phenoxy) is 2. The van der Waals surface area contributed by atoms with E-state index in [1.54, 1.807) is 6.07 Å². The van der Waals surface area contributed by atoms with Gasteiger partial charge in [0.25, 0.3) is 0 Å². The zero-order valence-corrected chi connectivity index (χ0v) is 17.8. The van der Waals surface area contributed by atoms with Crippen LogP contribution in [0.15, 0.2) is 72.8 Å². The standard InChI is InChI=1S/C26H27N3O3/c27-15-19-5-4-6-21(13-19)29-22-10-12-26-20(14-22)9-11-25(32-26)17-28-16-23(30)18-31-24-7-2-1-3-8-24/h1-8,10,12-14,23,25,28-30H,9,11,16-18H2/t23-,25+/m0/s1. The summed E-state index contributed by atoms with van der Waals surface area (Å²) in [4.78, 5) is 0. The number of hydrogen-bond acceptors (Lipinski definition) is 6. The van der Waals surface area contributed by atoms with Crippen LogP contribution in [0.3, 0.4) is 0 Å². The number of fused-ring (bicyclic) bond motifs is 1. The predicted molar refractivity (Wildman–Crippen MR) is 124 cm³/mol. The first-order valence-electron chi connectivity index (χ1n) is 10.8. The summed E-state index contributed by atoms with van der Waals surface area (Å²) in [6, 6.07) is 25.1. The van der Waals surface area contributed by atoms with Crippen molar-refractivity contribution < 1.29 is 14.6 Å². The Kier molecular flexibility index (Phi) is 7.23. The highest BCUT2D eigenvalue weighted by atomic mass is 16.5. The summed E-state index contributed by atoms with van der Waals surface area (Å²) in [7, 11) is 0. The number of benzene rings is 3. The molecule has 1 heterocycles. The number of anilines is 2. The molecule has 0 radical (unpaired) electrons. The molecule has 0 aromatic heterocycles. The molecule has 1 aliphatic rings. The summed E-state index contributed by atoms with van der Waals surface area (Å²) in [6.07, 6.45) is 1.31. The van der Waals surface area contributed by atoms with Crippen molar-refractivity contribution in [3.63, 3.8) is 0 Å². The second-order valence-corrected chi connectivity index (χ2v) is 7.85. The second kappa shape index (κ2) is 10.7. The number of hydrogen-bond donors (Lipinski definition) is 3. The quantitative estimate of drug-likeness (QED) is 0.476. The van der Waals surface area contributed by atoms with E-state index >= 15 is 0 Å². The molecule has 0 unspecified atom stereocenters. The highest BCUT2D eigenvalue weighted by Crippen LogP contribution is 2.31. The number of nitriles is 1. The molecule has 0 spiro atoms. The van der Waals surface area contributed by atoms with Crippen LogP contribution in [0.1, 0.15) is 17.5 Å². The van der Waals surface area contributed by atoms with E-state index in [0.717, 1.165) is 35.7 Å². The third-order valence-corrected chi connectivity index (χ3v) is 5.31. The summed E-state index contributed by atoms with van der Waals surface area (Å²) in [5.74, 6) is 1.65. The zero-order chi connectivity index (χ0) is 22.2. The fraction of sp³-hybridized carbons (Fsp3) is 0.269. The van der Waals surface area contributed by atoms with E-state index in [2.05, 4.69) is 22.8 Å². The van der Waals surface area contributed by atoms with Gasteiger partial charge in [0.1, 0.15) is 30.3 Å². The number of aliphatic hydroxyl groups excluding tert-OH is 1. The topological polar surface area (TPSA) is 86.5 Å². The fourth-order valence-electron chi connectivity index (χ4n) is 3.68. The third-order valence-electron chi connectivity index (χ3n) is 5.31.